The molecule has 5 atom stereocenters. The Bertz CT molecular complexity index is 1710. The van der Waals surface area contributed by atoms with Crippen molar-refractivity contribution in [2.75, 3.05) is 27.6 Å². The van der Waals surface area contributed by atoms with Crippen LogP contribution < -0.4 is 29.0 Å². The Morgan fingerprint density at radius 3 is 2.43 bits per heavy atom. The minimum atomic E-state index is -2.40. The number of ether oxygens (including phenoxy) is 5. The molecule has 0 radical (unpaired) electrons. The van der Waals surface area contributed by atoms with Gasteiger partial charge in [0, 0.05) is 24.1 Å². The SMILES string of the molecule is COc1ccc([C@@]23Oc4cc5c(c(OC)c4[C@]2(O)C(=O)[C@@H](C(=O)N2CCC[C@H]2NC(=O)C(C)C)[C@H]3c2ccccc2)OCO5)cc1. The van der Waals surface area contributed by atoms with Crippen molar-refractivity contribution in [3.63, 3.8) is 0 Å². The minimum absolute atomic E-state index is 0.0716. The summed E-state index contributed by atoms with van der Waals surface area (Å²) in [5.41, 5.74) is -3.07. The van der Waals surface area contributed by atoms with Gasteiger partial charge < -0.3 is 39.0 Å². The first-order valence-electron chi connectivity index (χ1n) is 15.4. The van der Waals surface area contributed by atoms with Gasteiger partial charge in [0.15, 0.2) is 22.9 Å². The zero-order valence-corrected chi connectivity index (χ0v) is 26.1. The molecular formula is C35H36N2O9. The van der Waals surface area contributed by atoms with Crippen LogP contribution in [0.15, 0.2) is 60.7 Å². The second-order valence-electron chi connectivity index (χ2n) is 12.4. The maximum atomic E-state index is 15.1. The number of Topliss-reactive ketones (excluding diaryl/α,β-unsaturated/α-hetero) is 1. The van der Waals surface area contributed by atoms with Gasteiger partial charge in [-0.2, -0.15) is 0 Å². The number of benzene rings is 3. The highest BCUT2D eigenvalue weighted by atomic mass is 16.7. The topological polar surface area (TPSA) is 133 Å². The van der Waals surface area contributed by atoms with E-state index in [1.807, 2.05) is 30.3 Å². The van der Waals surface area contributed by atoms with E-state index in [0.29, 0.717) is 42.0 Å². The van der Waals surface area contributed by atoms with Crippen LogP contribution in [-0.4, -0.2) is 61.3 Å². The van der Waals surface area contributed by atoms with Gasteiger partial charge >= 0.3 is 0 Å². The number of carbonyl (C=O) groups is 3. The molecule has 11 heteroatoms. The molecular weight excluding hydrogens is 592 g/mol. The van der Waals surface area contributed by atoms with Gasteiger partial charge in [0.25, 0.3) is 0 Å². The largest absolute Gasteiger partial charge is 0.497 e. The van der Waals surface area contributed by atoms with Gasteiger partial charge in [-0.15, -0.1) is 0 Å². The molecule has 0 unspecified atom stereocenters. The molecule has 1 saturated heterocycles. The Hall–Kier alpha value is -4.77. The Labute approximate surface area is 266 Å². The van der Waals surface area contributed by atoms with Crippen LogP contribution in [0.5, 0.6) is 28.7 Å². The molecule has 0 aromatic heterocycles. The van der Waals surface area contributed by atoms with Crippen LogP contribution in [0.25, 0.3) is 0 Å². The second-order valence-corrected chi connectivity index (χ2v) is 12.4. The average molecular weight is 629 g/mol. The molecule has 3 heterocycles. The molecule has 2 amide bonds. The molecule has 46 heavy (non-hydrogen) atoms. The summed E-state index contributed by atoms with van der Waals surface area (Å²) < 4.78 is 29.5. The molecule has 1 aliphatic carbocycles. The van der Waals surface area contributed by atoms with Crippen molar-refractivity contribution in [3.8, 4) is 28.7 Å². The molecule has 0 bridgehead atoms. The van der Waals surface area contributed by atoms with Gasteiger partial charge in [0.05, 0.1) is 25.7 Å². The van der Waals surface area contributed by atoms with Gasteiger partial charge in [0.1, 0.15) is 23.6 Å². The summed E-state index contributed by atoms with van der Waals surface area (Å²) in [4.78, 5) is 44.2. The van der Waals surface area contributed by atoms with Gasteiger partial charge in [-0.3, -0.25) is 14.4 Å². The van der Waals surface area contributed by atoms with Crippen molar-refractivity contribution in [1.82, 2.24) is 10.2 Å². The lowest BCUT2D eigenvalue weighted by molar-refractivity contribution is -0.153. The van der Waals surface area contributed by atoms with E-state index in [-0.39, 0.29) is 41.4 Å². The Kier molecular flexibility index (Phi) is 7.11. The van der Waals surface area contributed by atoms with Gasteiger partial charge in [0.2, 0.25) is 30.0 Å². The maximum Gasteiger partial charge on any atom is 0.235 e. The lowest BCUT2D eigenvalue weighted by Gasteiger charge is -2.40. The number of amides is 2. The van der Waals surface area contributed by atoms with Gasteiger partial charge in [-0.05, 0) is 30.5 Å². The fourth-order valence-electron chi connectivity index (χ4n) is 7.56. The van der Waals surface area contributed by atoms with Crippen LogP contribution in [-0.2, 0) is 25.6 Å². The zero-order chi connectivity index (χ0) is 32.4. The van der Waals surface area contributed by atoms with Crippen molar-refractivity contribution in [2.45, 2.75) is 50.0 Å². The second kappa shape index (κ2) is 10.9. The van der Waals surface area contributed by atoms with Crippen LogP contribution in [0, 0.1) is 11.8 Å². The normalized spacial score (nSPS) is 27.3. The maximum absolute atomic E-state index is 15.1. The molecule has 3 aromatic carbocycles. The number of hydrogen-bond acceptors (Lipinski definition) is 9. The highest BCUT2D eigenvalue weighted by molar-refractivity contribution is 6.11. The Balaban J connectivity index is 1.47. The molecule has 240 valence electrons. The summed E-state index contributed by atoms with van der Waals surface area (Å²) in [6.07, 6.45) is 0.609. The number of ketones is 1. The number of likely N-dealkylation sites (tertiary alicyclic amines) is 1. The van der Waals surface area contributed by atoms with E-state index in [9.17, 15) is 14.7 Å². The zero-order valence-electron chi connectivity index (χ0n) is 26.1. The van der Waals surface area contributed by atoms with E-state index in [1.165, 1.54) is 7.11 Å². The standard InChI is InChI=1S/C35H36N2O9/c1-19(2)32(39)36-25-11-8-16-37(25)33(40)26-27(20-9-6-5-7-10-20)35(21-12-14-22(42-3)15-13-21)34(41,31(26)38)28-23(46-35)17-24-29(30(28)43-4)45-18-44-24/h5-7,9-10,12-15,17,19,25-27,41H,8,11,16,18H2,1-4H3,(H,36,39)/t25-,26-,27+,34-,35-/m0/s1. The molecule has 11 nitrogen and oxygen atoms in total. The Morgan fingerprint density at radius 1 is 1.02 bits per heavy atom. The first-order chi connectivity index (χ1) is 22.2. The van der Waals surface area contributed by atoms with E-state index in [1.54, 1.807) is 56.2 Å². The summed E-state index contributed by atoms with van der Waals surface area (Å²) in [7, 11) is 2.96. The number of hydrogen-bond donors (Lipinski definition) is 2. The van der Waals surface area contributed by atoms with Crippen molar-refractivity contribution >= 4 is 17.6 Å². The summed E-state index contributed by atoms with van der Waals surface area (Å²) in [5.74, 6) is -2.66. The predicted octanol–water partition coefficient (Wildman–Crippen LogP) is 3.61. The van der Waals surface area contributed by atoms with Crippen LogP contribution >= 0.6 is 0 Å². The average Bonchev–Trinajstić information content (AvgIpc) is 3.83. The number of carbonyl (C=O) groups excluding carboxylic acids is 3. The van der Waals surface area contributed by atoms with Crippen molar-refractivity contribution in [3.05, 3.63) is 77.4 Å². The minimum Gasteiger partial charge on any atom is -0.497 e. The number of nitrogens with one attached hydrogen (secondary N) is 1. The highest BCUT2D eigenvalue weighted by Crippen LogP contribution is 2.70. The molecule has 0 spiro atoms. The quantitative estimate of drug-likeness (QED) is 0.377. The first-order valence-corrected chi connectivity index (χ1v) is 15.4. The molecule has 3 aromatic rings. The van der Waals surface area contributed by atoms with E-state index < -0.39 is 40.9 Å². The fraction of sp³-hybridized carbons (Fsp3) is 0.400. The van der Waals surface area contributed by atoms with Crippen LogP contribution in [0.2, 0.25) is 0 Å². The number of methoxy groups -OCH3 is 2. The monoisotopic (exact) mass is 628 g/mol. The summed E-state index contributed by atoms with van der Waals surface area (Å²) in [6, 6.07) is 17.6. The highest BCUT2D eigenvalue weighted by Gasteiger charge is 2.79. The smallest absolute Gasteiger partial charge is 0.235 e. The third-order valence-electron chi connectivity index (χ3n) is 9.68. The number of rotatable bonds is 7. The van der Waals surface area contributed by atoms with E-state index >= 15 is 4.79 Å². The first kappa shape index (κ1) is 29.9. The summed E-state index contributed by atoms with van der Waals surface area (Å²) >= 11 is 0. The Morgan fingerprint density at radius 2 is 1.76 bits per heavy atom. The van der Waals surface area contributed by atoms with Crippen molar-refractivity contribution in [2.24, 2.45) is 11.8 Å². The third-order valence-corrected chi connectivity index (χ3v) is 9.68. The number of fused-ring (bicyclic) bond motifs is 4. The lowest BCUT2D eigenvalue weighted by Crippen LogP contribution is -2.51. The molecule has 3 aliphatic heterocycles. The molecule has 7 rings (SSSR count). The van der Waals surface area contributed by atoms with Crippen molar-refractivity contribution < 1.29 is 43.2 Å². The summed E-state index contributed by atoms with van der Waals surface area (Å²) in [5, 5.41) is 16.2. The fourth-order valence-corrected chi connectivity index (χ4v) is 7.56. The van der Waals surface area contributed by atoms with E-state index in [0.717, 1.165) is 0 Å². The number of aliphatic hydroxyl groups is 1. The summed E-state index contributed by atoms with van der Waals surface area (Å²) in [6.45, 7) is 3.84. The van der Waals surface area contributed by atoms with E-state index in [4.69, 9.17) is 23.7 Å². The van der Waals surface area contributed by atoms with Crippen LogP contribution in [0.4, 0.5) is 0 Å². The van der Waals surface area contributed by atoms with Gasteiger partial charge in [-0.1, -0.05) is 56.3 Å². The third kappa shape index (κ3) is 4.03. The molecule has 2 fully saturated rings. The molecule has 2 N–H and O–H groups in total. The molecule has 4 aliphatic rings. The van der Waals surface area contributed by atoms with Gasteiger partial charge in [-0.25, -0.2) is 0 Å². The van der Waals surface area contributed by atoms with Crippen molar-refractivity contribution in [1.29, 1.82) is 0 Å². The van der Waals surface area contributed by atoms with E-state index in [2.05, 4.69) is 5.32 Å². The molecule has 1 saturated carbocycles. The van der Waals surface area contributed by atoms with Crippen LogP contribution in [0.3, 0.4) is 0 Å². The predicted molar refractivity (Wildman–Crippen MR) is 164 cm³/mol. The number of nitrogens with zero attached hydrogens (tertiary/aromatic N) is 1. The van der Waals surface area contributed by atoms with Crippen LogP contribution in [0.1, 0.15) is 49.3 Å². The lowest BCUT2D eigenvalue weighted by atomic mass is 9.70.